The third-order valence-corrected chi connectivity index (χ3v) is 3.12. The normalized spacial score (nSPS) is 11.9. The number of hydrogen-bond donors (Lipinski definition) is 4. The Kier molecular flexibility index (Phi) is 4.79. The smallest absolute Gasteiger partial charge is 0.251 e. The van der Waals surface area contributed by atoms with Gasteiger partial charge in [-0.05, 0) is 30.2 Å². The van der Waals surface area contributed by atoms with Crippen LogP contribution in [0.2, 0.25) is 0 Å². The van der Waals surface area contributed by atoms with Crippen LogP contribution in [0.4, 0.5) is 11.4 Å². The predicted octanol–water partition coefficient (Wildman–Crippen LogP) is 1.18. The van der Waals surface area contributed by atoms with Gasteiger partial charge >= 0.3 is 0 Å². The molecule has 1 amide bonds. The van der Waals surface area contributed by atoms with Gasteiger partial charge in [-0.25, -0.2) is 0 Å². The number of aliphatic hydroxyl groups is 1. The summed E-state index contributed by atoms with van der Waals surface area (Å²) in [5.74, 6) is -0.302. The van der Waals surface area contributed by atoms with E-state index in [-0.39, 0.29) is 18.6 Å². The van der Waals surface area contributed by atoms with Crippen molar-refractivity contribution in [3.8, 4) is 0 Å². The average molecular weight is 285 g/mol. The fraction of sp³-hybridized carbons (Fsp3) is 0.188. The number of rotatable bonds is 5. The molecule has 0 saturated heterocycles. The zero-order valence-corrected chi connectivity index (χ0v) is 11.6. The standard InChI is InChI=1S/C16H19N3O2/c17-13-7-12(8-14(18)9-13)16(21)19-15(10-20)6-11-4-2-1-3-5-11/h1-5,7-9,15,20H,6,10,17-18H2,(H,19,21). The first-order valence-electron chi connectivity index (χ1n) is 6.70. The summed E-state index contributed by atoms with van der Waals surface area (Å²) in [6.45, 7) is -0.140. The molecule has 2 aromatic rings. The third kappa shape index (κ3) is 4.22. The number of nitrogen functional groups attached to an aromatic ring is 2. The van der Waals surface area contributed by atoms with E-state index in [0.29, 0.717) is 23.4 Å². The highest BCUT2D eigenvalue weighted by atomic mass is 16.3. The van der Waals surface area contributed by atoms with Crippen LogP contribution in [0.15, 0.2) is 48.5 Å². The van der Waals surface area contributed by atoms with E-state index in [1.54, 1.807) is 18.2 Å². The van der Waals surface area contributed by atoms with Crippen LogP contribution in [0, 0.1) is 0 Å². The van der Waals surface area contributed by atoms with Gasteiger partial charge in [-0.2, -0.15) is 0 Å². The topological polar surface area (TPSA) is 101 Å². The van der Waals surface area contributed by atoms with Gasteiger partial charge in [0, 0.05) is 16.9 Å². The lowest BCUT2D eigenvalue weighted by molar-refractivity contribution is 0.0916. The molecule has 0 radical (unpaired) electrons. The molecule has 0 aliphatic heterocycles. The molecule has 1 atom stereocenters. The number of benzene rings is 2. The van der Waals surface area contributed by atoms with E-state index in [0.717, 1.165) is 5.56 Å². The molecule has 0 heterocycles. The summed E-state index contributed by atoms with van der Waals surface area (Å²) >= 11 is 0. The zero-order valence-electron chi connectivity index (χ0n) is 11.6. The second-order valence-electron chi connectivity index (χ2n) is 4.93. The number of carbonyl (C=O) groups excluding carboxylic acids is 1. The maximum absolute atomic E-state index is 12.2. The summed E-state index contributed by atoms with van der Waals surface area (Å²) < 4.78 is 0. The lowest BCUT2D eigenvalue weighted by atomic mass is 10.1. The summed E-state index contributed by atoms with van der Waals surface area (Å²) in [6.07, 6.45) is 0.556. The molecular weight excluding hydrogens is 266 g/mol. The summed E-state index contributed by atoms with van der Waals surface area (Å²) in [4.78, 5) is 12.2. The van der Waals surface area contributed by atoms with Crippen LogP contribution in [-0.2, 0) is 6.42 Å². The highest BCUT2D eigenvalue weighted by molar-refractivity contribution is 5.96. The summed E-state index contributed by atoms with van der Waals surface area (Å²) in [7, 11) is 0. The SMILES string of the molecule is Nc1cc(N)cc(C(=O)NC(CO)Cc2ccccc2)c1. The average Bonchev–Trinajstić information content (AvgIpc) is 2.46. The monoisotopic (exact) mass is 285 g/mol. The van der Waals surface area contributed by atoms with Gasteiger partial charge in [0.05, 0.1) is 12.6 Å². The Balaban J connectivity index is 2.05. The molecule has 0 aliphatic carbocycles. The van der Waals surface area contributed by atoms with Crippen molar-refractivity contribution in [2.45, 2.75) is 12.5 Å². The van der Waals surface area contributed by atoms with Gasteiger partial charge in [-0.15, -0.1) is 0 Å². The first-order chi connectivity index (χ1) is 10.1. The Hall–Kier alpha value is -2.53. The van der Waals surface area contributed by atoms with Gasteiger partial charge in [0.1, 0.15) is 0 Å². The van der Waals surface area contributed by atoms with Crippen LogP contribution < -0.4 is 16.8 Å². The minimum atomic E-state index is -0.359. The Morgan fingerprint density at radius 2 is 1.71 bits per heavy atom. The van der Waals surface area contributed by atoms with Crippen LogP contribution in [0.5, 0.6) is 0 Å². The molecule has 1 unspecified atom stereocenters. The quantitative estimate of drug-likeness (QED) is 0.620. The lowest BCUT2D eigenvalue weighted by Gasteiger charge is -2.17. The van der Waals surface area contributed by atoms with Crippen molar-refractivity contribution in [3.05, 3.63) is 59.7 Å². The summed E-state index contributed by atoms with van der Waals surface area (Å²) in [6, 6.07) is 14.0. The summed E-state index contributed by atoms with van der Waals surface area (Å²) in [5.41, 5.74) is 13.7. The highest BCUT2D eigenvalue weighted by Crippen LogP contribution is 2.14. The first-order valence-corrected chi connectivity index (χ1v) is 6.70. The first kappa shape index (κ1) is 14.9. The molecule has 110 valence electrons. The van der Waals surface area contributed by atoms with E-state index >= 15 is 0 Å². The number of nitrogens with two attached hydrogens (primary N) is 2. The summed E-state index contributed by atoms with van der Waals surface area (Å²) in [5, 5.41) is 12.2. The predicted molar refractivity (Wildman–Crippen MR) is 83.8 cm³/mol. The van der Waals surface area contributed by atoms with Crippen LogP contribution in [0.1, 0.15) is 15.9 Å². The molecule has 0 fully saturated rings. The lowest BCUT2D eigenvalue weighted by Crippen LogP contribution is -2.39. The third-order valence-electron chi connectivity index (χ3n) is 3.12. The van der Waals surface area contributed by atoms with Gasteiger partial charge in [0.25, 0.3) is 5.91 Å². The van der Waals surface area contributed by atoms with Crippen LogP contribution >= 0.6 is 0 Å². The van der Waals surface area contributed by atoms with Gasteiger partial charge in [-0.3, -0.25) is 4.79 Å². The number of nitrogens with one attached hydrogen (secondary N) is 1. The van der Waals surface area contributed by atoms with Crippen molar-refractivity contribution in [1.82, 2.24) is 5.32 Å². The van der Waals surface area contributed by atoms with Crippen molar-refractivity contribution in [2.24, 2.45) is 0 Å². The van der Waals surface area contributed by atoms with Crippen molar-refractivity contribution in [3.63, 3.8) is 0 Å². The largest absolute Gasteiger partial charge is 0.399 e. The minimum Gasteiger partial charge on any atom is -0.399 e. The molecule has 21 heavy (non-hydrogen) atoms. The van der Waals surface area contributed by atoms with Crippen LogP contribution in [-0.4, -0.2) is 23.7 Å². The Labute approximate surface area is 123 Å². The molecule has 0 spiro atoms. The van der Waals surface area contributed by atoms with Crippen molar-refractivity contribution in [1.29, 1.82) is 0 Å². The van der Waals surface area contributed by atoms with E-state index in [9.17, 15) is 9.90 Å². The zero-order chi connectivity index (χ0) is 15.2. The minimum absolute atomic E-state index is 0.140. The fourth-order valence-electron chi connectivity index (χ4n) is 2.14. The van der Waals surface area contributed by atoms with E-state index in [2.05, 4.69) is 5.32 Å². The highest BCUT2D eigenvalue weighted by Gasteiger charge is 2.14. The number of hydrogen-bond acceptors (Lipinski definition) is 4. The van der Waals surface area contributed by atoms with Crippen molar-refractivity contribution >= 4 is 17.3 Å². The number of anilines is 2. The fourth-order valence-corrected chi connectivity index (χ4v) is 2.14. The second-order valence-corrected chi connectivity index (χ2v) is 4.93. The molecule has 2 rings (SSSR count). The molecule has 0 bridgehead atoms. The Morgan fingerprint density at radius 1 is 1.10 bits per heavy atom. The number of amides is 1. The molecule has 0 aromatic heterocycles. The van der Waals surface area contributed by atoms with Crippen molar-refractivity contribution < 1.29 is 9.90 Å². The Morgan fingerprint density at radius 3 is 2.29 bits per heavy atom. The molecule has 5 nitrogen and oxygen atoms in total. The Bertz CT molecular complexity index is 594. The van der Waals surface area contributed by atoms with Crippen molar-refractivity contribution in [2.75, 3.05) is 18.1 Å². The molecule has 0 saturated carbocycles. The van der Waals surface area contributed by atoms with Gasteiger partial charge < -0.3 is 21.9 Å². The van der Waals surface area contributed by atoms with E-state index in [1.807, 2.05) is 30.3 Å². The van der Waals surface area contributed by atoms with E-state index in [4.69, 9.17) is 11.5 Å². The maximum atomic E-state index is 12.2. The van der Waals surface area contributed by atoms with Crippen LogP contribution in [0.25, 0.3) is 0 Å². The van der Waals surface area contributed by atoms with Gasteiger partial charge in [0.2, 0.25) is 0 Å². The van der Waals surface area contributed by atoms with E-state index in [1.165, 1.54) is 0 Å². The van der Waals surface area contributed by atoms with Gasteiger partial charge in [-0.1, -0.05) is 30.3 Å². The van der Waals surface area contributed by atoms with E-state index < -0.39 is 0 Å². The number of carbonyl (C=O) groups is 1. The number of aliphatic hydroxyl groups excluding tert-OH is 1. The molecule has 6 N–H and O–H groups in total. The van der Waals surface area contributed by atoms with Crippen LogP contribution in [0.3, 0.4) is 0 Å². The maximum Gasteiger partial charge on any atom is 0.251 e. The molecule has 0 aliphatic rings. The molecule has 5 heteroatoms. The van der Waals surface area contributed by atoms with Gasteiger partial charge in [0.15, 0.2) is 0 Å². The second kappa shape index (κ2) is 6.76. The molecular formula is C16H19N3O2. The molecule has 2 aromatic carbocycles.